The molecule has 0 heterocycles. The third-order valence-electron chi connectivity index (χ3n) is 2.61. The number of carbonyl (C=O) groups excluding carboxylic acids is 1. The number of hydrogen-bond acceptors (Lipinski definition) is 1. The topological polar surface area (TPSA) is 17.1 Å². The van der Waals surface area contributed by atoms with E-state index < -0.39 is 0 Å². The molecule has 0 fully saturated rings. The molecule has 0 bridgehead atoms. The lowest BCUT2D eigenvalue weighted by molar-refractivity contribution is 0.528. The molecule has 0 aliphatic heterocycles. The van der Waals surface area contributed by atoms with Crippen molar-refractivity contribution in [2.24, 2.45) is 5.92 Å². The van der Waals surface area contributed by atoms with Gasteiger partial charge in [-0.15, -0.1) is 0 Å². The molecule has 15 heavy (non-hydrogen) atoms. The van der Waals surface area contributed by atoms with Crippen LogP contribution in [0.15, 0.2) is 42.5 Å². The van der Waals surface area contributed by atoms with Gasteiger partial charge in [-0.1, -0.05) is 49.4 Å². The summed E-state index contributed by atoms with van der Waals surface area (Å²) in [5.74, 6) is -0.0317. The number of hydrogen-bond donors (Lipinski definition) is 0. The minimum Gasteiger partial charge on any atom is -0.291 e. The maximum Gasteiger partial charge on any atom is 0.201 e. The summed E-state index contributed by atoms with van der Waals surface area (Å²) < 4.78 is 0. The maximum absolute atomic E-state index is 10.5. The van der Waals surface area contributed by atoms with E-state index in [1.54, 1.807) is 0 Å². The maximum atomic E-state index is 10.5. The van der Waals surface area contributed by atoms with Crippen molar-refractivity contribution < 1.29 is 4.79 Å². The van der Waals surface area contributed by atoms with Crippen LogP contribution in [0.4, 0.5) is 0 Å². The van der Waals surface area contributed by atoms with Gasteiger partial charge in [-0.3, -0.25) is 4.79 Å². The van der Waals surface area contributed by atoms with Gasteiger partial charge in [0.15, 0.2) is 0 Å². The van der Waals surface area contributed by atoms with Gasteiger partial charge in [0.25, 0.3) is 0 Å². The highest BCUT2D eigenvalue weighted by atomic mass is 16.1. The predicted octanol–water partition coefficient (Wildman–Crippen LogP) is 3.13. The zero-order valence-electron chi connectivity index (χ0n) is 8.73. The Balaban J connectivity index is 2.46. The smallest absolute Gasteiger partial charge is 0.201 e. The van der Waals surface area contributed by atoms with E-state index in [1.165, 1.54) is 16.3 Å². The van der Waals surface area contributed by atoms with E-state index in [0.717, 1.165) is 6.42 Å². The molecule has 75 valence electrons. The van der Waals surface area contributed by atoms with E-state index in [1.807, 2.05) is 31.4 Å². The summed E-state index contributed by atoms with van der Waals surface area (Å²) in [6, 6.07) is 14.5. The van der Waals surface area contributed by atoms with Gasteiger partial charge in [0.1, 0.15) is 0 Å². The average Bonchev–Trinajstić information content (AvgIpc) is 2.29. The van der Waals surface area contributed by atoms with Gasteiger partial charge in [-0.2, -0.15) is 0 Å². The van der Waals surface area contributed by atoms with E-state index in [0.29, 0.717) is 0 Å². The Bertz CT molecular complexity index is 468. The summed E-state index contributed by atoms with van der Waals surface area (Å²) in [5.41, 5.74) is 1.23. The van der Waals surface area contributed by atoms with Crippen LogP contribution in [0.3, 0.4) is 0 Å². The van der Waals surface area contributed by atoms with Crippen molar-refractivity contribution in [3.05, 3.63) is 48.0 Å². The van der Waals surface area contributed by atoms with Crippen molar-refractivity contribution in [2.45, 2.75) is 13.3 Å². The normalized spacial score (nSPS) is 12.6. The Morgan fingerprint density at radius 3 is 2.67 bits per heavy atom. The minimum absolute atomic E-state index is 0.0317. The molecule has 0 amide bonds. The first-order valence-corrected chi connectivity index (χ1v) is 5.15. The third kappa shape index (κ3) is 2.07. The van der Waals surface area contributed by atoms with Crippen LogP contribution in [0.1, 0.15) is 12.5 Å². The first-order valence-electron chi connectivity index (χ1n) is 5.15. The summed E-state index contributed by atoms with van der Waals surface area (Å²) in [5, 5.41) is 2.47. The second kappa shape index (κ2) is 4.26. The SMILES string of the molecule is CC([C]=O)Cc1cccc2ccccc12. The molecular weight excluding hydrogens is 184 g/mol. The van der Waals surface area contributed by atoms with E-state index in [9.17, 15) is 4.79 Å². The zero-order valence-corrected chi connectivity index (χ0v) is 8.73. The highest BCUT2D eigenvalue weighted by molar-refractivity contribution is 5.85. The molecule has 2 aromatic rings. The first-order chi connectivity index (χ1) is 7.31. The monoisotopic (exact) mass is 197 g/mol. The Hall–Kier alpha value is -1.63. The summed E-state index contributed by atoms with van der Waals surface area (Å²) in [4.78, 5) is 10.5. The van der Waals surface area contributed by atoms with Gasteiger partial charge in [-0.25, -0.2) is 0 Å². The van der Waals surface area contributed by atoms with Crippen LogP contribution >= 0.6 is 0 Å². The van der Waals surface area contributed by atoms with Crippen molar-refractivity contribution in [2.75, 3.05) is 0 Å². The molecule has 1 radical (unpaired) electrons. The Morgan fingerprint density at radius 2 is 1.87 bits per heavy atom. The lowest BCUT2D eigenvalue weighted by Crippen LogP contribution is -2.00. The van der Waals surface area contributed by atoms with Crippen molar-refractivity contribution in [1.82, 2.24) is 0 Å². The molecule has 0 aliphatic carbocycles. The summed E-state index contributed by atoms with van der Waals surface area (Å²) in [7, 11) is 0. The van der Waals surface area contributed by atoms with Gasteiger partial charge in [-0.05, 0) is 22.8 Å². The molecule has 1 unspecified atom stereocenters. The summed E-state index contributed by atoms with van der Waals surface area (Å²) >= 11 is 0. The molecule has 2 aromatic carbocycles. The second-order valence-corrected chi connectivity index (χ2v) is 3.86. The molecule has 0 saturated heterocycles. The fraction of sp³-hybridized carbons (Fsp3) is 0.214. The van der Waals surface area contributed by atoms with Crippen LogP contribution in [0.25, 0.3) is 10.8 Å². The van der Waals surface area contributed by atoms with E-state index in [2.05, 4.69) is 24.3 Å². The van der Waals surface area contributed by atoms with E-state index in [-0.39, 0.29) is 5.92 Å². The lowest BCUT2D eigenvalue weighted by Gasteiger charge is -2.07. The van der Waals surface area contributed by atoms with Crippen molar-refractivity contribution in [3.63, 3.8) is 0 Å². The quantitative estimate of drug-likeness (QED) is 0.738. The highest BCUT2D eigenvalue weighted by Crippen LogP contribution is 2.20. The molecule has 2 rings (SSSR count). The minimum atomic E-state index is -0.0317. The zero-order chi connectivity index (χ0) is 10.7. The molecule has 0 aliphatic rings. The van der Waals surface area contributed by atoms with Gasteiger partial charge in [0.2, 0.25) is 6.29 Å². The van der Waals surface area contributed by atoms with Gasteiger partial charge >= 0.3 is 0 Å². The van der Waals surface area contributed by atoms with Gasteiger partial charge in [0.05, 0.1) is 0 Å². The molecule has 0 aromatic heterocycles. The number of rotatable bonds is 3. The van der Waals surface area contributed by atoms with Crippen molar-refractivity contribution >= 4 is 17.1 Å². The highest BCUT2D eigenvalue weighted by Gasteiger charge is 2.05. The Morgan fingerprint density at radius 1 is 1.13 bits per heavy atom. The van der Waals surface area contributed by atoms with E-state index in [4.69, 9.17) is 0 Å². The van der Waals surface area contributed by atoms with Crippen LogP contribution < -0.4 is 0 Å². The van der Waals surface area contributed by atoms with Crippen molar-refractivity contribution in [3.8, 4) is 0 Å². The average molecular weight is 197 g/mol. The Labute approximate surface area is 89.7 Å². The van der Waals surface area contributed by atoms with E-state index >= 15 is 0 Å². The number of benzene rings is 2. The molecule has 0 spiro atoms. The molecule has 1 heteroatoms. The molecule has 0 saturated carbocycles. The van der Waals surface area contributed by atoms with Crippen LogP contribution in [0.5, 0.6) is 0 Å². The lowest BCUT2D eigenvalue weighted by atomic mass is 9.97. The molecule has 1 atom stereocenters. The number of fused-ring (bicyclic) bond motifs is 1. The predicted molar refractivity (Wildman–Crippen MR) is 62.5 cm³/mol. The first kappa shape index (κ1) is 9.91. The molecular formula is C14H13O. The third-order valence-corrected chi connectivity index (χ3v) is 2.61. The van der Waals surface area contributed by atoms with Crippen LogP contribution in [-0.2, 0) is 11.2 Å². The molecule has 1 nitrogen and oxygen atoms in total. The largest absolute Gasteiger partial charge is 0.291 e. The van der Waals surface area contributed by atoms with Crippen LogP contribution in [0.2, 0.25) is 0 Å². The van der Waals surface area contributed by atoms with Crippen LogP contribution in [-0.4, -0.2) is 6.29 Å². The second-order valence-electron chi connectivity index (χ2n) is 3.86. The van der Waals surface area contributed by atoms with Crippen molar-refractivity contribution in [1.29, 1.82) is 0 Å². The molecule has 0 N–H and O–H groups in total. The Kier molecular flexibility index (Phi) is 2.82. The fourth-order valence-electron chi connectivity index (χ4n) is 1.84. The fourth-order valence-corrected chi connectivity index (χ4v) is 1.84. The van der Waals surface area contributed by atoms with Gasteiger partial charge < -0.3 is 0 Å². The summed E-state index contributed by atoms with van der Waals surface area (Å²) in [6.45, 7) is 1.90. The standard InChI is InChI=1S/C14H13O/c1-11(10-15)9-13-7-4-6-12-5-2-3-8-14(12)13/h2-8,11H,9H2,1H3. The van der Waals surface area contributed by atoms with Crippen LogP contribution in [0, 0.1) is 5.92 Å². The van der Waals surface area contributed by atoms with Gasteiger partial charge in [0, 0.05) is 5.92 Å². The summed E-state index contributed by atoms with van der Waals surface area (Å²) in [6.07, 6.45) is 2.80.